The summed E-state index contributed by atoms with van der Waals surface area (Å²) in [5.74, 6) is -3.15. The molecule has 0 saturated carbocycles. The summed E-state index contributed by atoms with van der Waals surface area (Å²) in [5.41, 5.74) is -1.20. The van der Waals surface area contributed by atoms with Crippen LogP contribution in [0.25, 0.3) is 27.6 Å². The first-order valence-corrected chi connectivity index (χ1v) is 29.2. The lowest BCUT2D eigenvalue weighted by atomic mass is 9.77. The Balaban J connectivity index is 1.14. The second-order valence-electron chi connectivity index (χ2n) is 23.2. The van der Waals surface area contributed by atoms with Crippen LogP contribution in [-0.4, -0.2) is 178 Å². The highest BCUT2D eigenvalue weighted by Gasteiger charge is 2.53. The Hall–Kier alpha value is -3.31. The van der Waals surface area contributed by atoms with Gasteiger partial charge in [0.25, 0.3) is 0 Å². The number of nitrogens with one attached hydrogen (secondary N) is 1. The van der Waals surface area contributed by atoms with Gasteiger partial charge < -0.3 is 64.2 Å². The Labute approximate surface area is 464 Å². The van der Waals surface area contributed by atoms with E-state index in [1.54, 1.807) is 63.8 Å². The van der Waals surface area contributed by atoms with Crippen LogP contribution in [0.5, 0.6) is 0 Å². The third kappa shape index (κ3) is 13.9. The van der Waals surface area contributed by atoms with Gasteiger partial charge in [0, 0.05) is 87.9 Å². The number of amides is 1. The highest BCUT2D eigenvalue weighted by molar-refractivity contribution is 7.99. The molecule has 5 heterocycles. The first-order valence-electron chi connectivity index (χ1n) is 27.5. The number of carbonyl (C=O) groups is 2. The van der Waals surface area contributed by atoms with Crippen molar-refractivity contribution < 1.29 is 63.5 Å². The van der Waals surface area contributed by atoms with Crippen molar-refractivity contribution in [1.29, 1.82) is 0 Å². The largest absolute Gasteiger partial charge is 0.459 e. The summed E-state index contributed by atoms with van der Waals surface area (Å²) in [6, 6.07) is 17.9. The van der Waals surface area contributed by atoms with Gasteiger partial charge in [0.05, 0.1) is 41.5 Å². The number of hydrogen-bond donors (Lipinski definition) is 6. The zero-order valence-corrected chi connectivity index (χ0v) is 49.0. The van der Waals surface area contributed by atoms with E-state index in [1.165, 1.54) is 29.4 Å². The van der Waals surface area contributed by atoms with Gasteiger partial charge in [-0.05, 0) is 124 Å². The number of benzene rings is 2. The SMILES string of the molecule is CC[C@H]1OC(=O)[C@H](C)[C@@H](O[C@H]2C[C@@](C)(OC)[C@@H](O)[C@H](C)O2)[C@H](C)[C@@H](O[C@@H]2O[C@H](C)C[C@H](N(C)C)[C@H]2O)[C@](C)(O)C[C@@H](C)CN(CCCNC(=O)C=Cc2cc3c(s2)-c2ccccc2Sc2ccccc2-3)[C@H](C)[C@@H](O)[C@]1(C)O. The average Bonchev–Trinajstić information content (AvgIpc) is 3.77. The van der Waals surface area contributed by atoms with Gasteiger partial charge in [-0.25, -0.2) is 0 Å². The molecule has 0 radical (unpaired) electrons. The van der Waals surface area contributed by atoms with Gasteiger partial charge in [-0.3, -0.25) is 14.5 Å². The van der Waals surface area contributed by atoms with Crippen LogP contribution in [0.3, 0.4) is 0 Å². The average molecular weight is 1110 g/mol. The lowest BCUT2D eigenvalue weighted by Crippen LogP contribution is -2.60. The first kappa shape index (κ1) is 61.3. The maximum absolute atomic E-state index is 14.7. The van der Waals surface area contributed by atoms with Gasteiger partial charge in [0.1, 0.15) is 30.0 Å². The van der Waals surface area contributed by atoms with Gasteiger partial charge in [0.2, 0.25) is 5.91 Å². The maximum Gasteiger partial charge on any atom is 0.311 e. The molecule has 18 heteroatoms. The standard InChI is InChI=1S/C59H87N3O13S2/c1-14-46-59(10,69)52(65)37(6)62(27-19-26-60-47(63)25-24-39-29-42-40-20-15-17-22-44(40)77-45-23-18-16-21-41(45)51(42)76-39)32-33(2)30-57(8,68)54(75-56-49(64)43(61(11)12)28-34(3)71-56)35(4)50(36(5)55(67)73-46)74-48-31-58(9,70-13)53(66)38(7)72-48/h15-18,20-25,29,33-38,43,46,48-50,52-54,56,64-66,68-69H,14,19,26-28,30-32H2,1-13H3,(H,60,63)/t33-,34-,35+,36-,37-,38+,43+,46-,48+,49-,50+,52-,53+,54-,56+,57-,58-,59-/m1/s1. The molecule has 16 nitrogen and oxygen atoms in total. The number of carbonyl (C=O) groups excluding carboxylic acids is 2. The van der Waals surface area contributed by atoms with Crippen LogP contribution in [0.15, 0.2) is 70.5 Å². The highest BCUT2D eigenvalue weighted by atomic mass is 32.2. The van der Waals surface area contributed by atoms with Crippen LogP contribution in [-0.2, 0) is 38.0 Å². The quantitative estimate of drug-likeness (QED) is 0.0439. The molecule has 3 aromatic rings. The highest BCUT2D eigenvalue weighted by Crippen LogP contribution is 2.51. The summed E-state index contributed by atoms with van der Waals surface area (Å²) in [6.45, 7) is 18.6. The smallest absolute Gasteiger partial charge is 0.311 e. The van der Waals surface area contributed by atoms with Crippen LogP contribution in [0.1, 0.15) is 106 Å². The number of ether oxygens (including phenoxy) is 6. The number of likely N-dealkylation sites (N-methyl/N-ethyl adjacent to an activating group) is 1. The van der Waals surface area contributed by atoms with Crippen molar-refractivity contribution in [3.05, 3.63) is 65.6 Å². The molecule has 3 saturated heterocycles. The molecule has 7 rings (SSSR count). The lowest BCUT2D eigenvalue weighted by molar-refractivity contribution is -0.318. The van der Waals surface area contributed by atoms with Crippen molar-refractivity contribution in [2.75, 3.05) is 40.8 Å². The molecular weight excluding hydrogens is 1020 g/mol. The van der Waals surface area contributed by atoms with E-state index in [0.29, 0.717) is 32.5 Å². The van der Waals surface area contributed by atoms with E-state index in [0.717, 1.165) is 20.9 Å². The molecule has 0 unspecified atom stereocenters. The summed E-state index contributed by atoms with van der Waals surface area (Å²) in [7, 11) is 5.27. The van der Waals surface area contributed by atoms with E-state index in [4.69, 9.17) is 28.4 Å². The van der Waals surface area contributed by atoms with Gasteiger partial charge >= 0.3 is 5.97 Å². The second kappa shape index (κ2) is 25.6. The fraction of sp³-hybridized carbons (Fsp3) is 0.661. The molecule has 2 aromatic carbocycles. The van der Waals surface area contributed by atoms with Gasteiger partial charge in [-0.2, -0.15) is 0 Å². The molecule has 1 amide bonds. The van der Waals surface area contributed by atoms with Crippen LogP contribution in [0.2, 0.25) is 0 Å². The minimum absolute atomic E-state index is 0.0970. The van der Waals surface area contributed by atoms with Crippen LogP contribution in [0, 0.1) is 17.8 Å². The summed E-state index contributed by atoms with van der Waals surface area (Å²) in [6.07, 6.45) is -5.23. The third-order valence-electron chi connectivity index (χ3n) is 16.6. The summed E-state index contributed by atoms with van der Waals surface area (Å²) >= 11 is 3.41. The molecule has 1 aromatic heterocycles. The summed E-state index contributed by atoms with van der Waals surface area (Å²) in [4.78, 5) is 36.5. The number of aliphatic hydroxyl groups excluding tert-OH is 3. The molecule has 0 spiro atoms. The Kier molecular flexibility index (Phi) is 20.4. The Morgan fingerprint density at radius 2 is 1.57 bits per heavy atom. The van der Waals surface area contributed by atoms with Crippen molar-refractivity contribution in [2.24, 2.45) is 17.8 Å². The van der Waals surface area contributed by atoms with Crippen molar-refractivity contribution in [3.8, 4) is 21.6 Å². The normalized spacial score (nSPS) is 37.7. The van der Waals surface area contributed by atoms with Crippen molar-refractivity contribution in [2.45, 2.75) is 201 Å². The topological polar surface area (TPSA) is 209 Å². The zero-order chi connectivity index (χ0) is 56.3. The second-order valence-corrected chi connectivity index (χ2v) is 25.4. The zero-order valence-electron chi connectivity index (χ0n) is 47.4. The van der Waals surface area contributed by atoms with Crippen LogP contribution >= 0.6 is 23.1 Å². The van der Waals surface area contributed by atoms with E-state index >= 15 is 0 Å². The van der Waals surface area contributed by atoms with Crippen LogP contribution in [0.4, 0.5) is 0 Å². The number of rotatable bonds is 13. The lowest BCUT2D eigenvalue weighted by Gasteiger charge is -2.48. The van der Waals surface area contributed by atoms with Gasteiger partial charge in [-0.1, -0.05) is 68.9 Å². The number of methoxy groups -OCH3 is 1. The van der Waals surface area contributed by atoms with Crippen molar-refractivity contribution >= 4 is 41.1 Å². The van der Waals surface area contributed by atoms with E-state index in [1.807, 2.05) is 63.7 Å². The summed E-state index contributed by atoms with van der Waals surface area (Å²) in [5, 5.41) is 63.5. The first-order chi connectivity index (χ1) is 36.3. The van der Waals surface area contributed by atoms with Crippen LogP contribution < -0.4 is 5.32 Å². The molecule has 18 atom stereocenters. The minimum atomic E-state index is -1.93. The fourth-order valence-electron chi connectivity index (χ4n) is 12.1. The van der Waals surface area contributed by atoms with E-state index < -0.39 is 96.0 Å². The number of aliphatic hydroxyl groups is 5. The molecule has 0 bridgehead atoms. The molecule has 6 N–H and O–H groups in total. The van der Waals surface area contributed by atoms with Gasteiger partial charge in [-0.15, -0.1) is 11.3 Å². The van der Waals surface area contributed by atoms with E-state index in [-0.39, 0.29) is 43.2 Å². The number of cyclic esters (lactones) is 1. The minimum Gasteiger partial charge on any atom is -0.459 e. The van der Waals surface area contributed by atoms with Crippen molar-refractivity contribution in [1.82, 2.24) is 15.1 Å². The fourth-order valence-corrected chi connectivity index (χ4v) is 14.4. The van der Waals surface area contributed by atoms with E-state index in [9.17, 15) is 35.1 Å². The Bertz CT molecular complexity index is 2420. The van der Waals surface area contributed by atoms with Gasteiger partial charge in [0.15, 0.2) is 12.6 Å². The molecule has 3 fully saturated rings. The molecular formula is C59H87N3O13S2. The Morgan fingerprint density at radius 1 is 0.909 bits per heavy atom. The number of fused-ring (bicyclic) bond motifs is 5. The maximum atomic E-state index is 14.7. The predicted octanol–water partition coefficient (Wildman–Crippen LogP) is 7.35. The summed E-state index contributed by atoms with van der Waals surface area (Å²) < 4.78 is 38.3. The molecule has 0 aliphatic carbocycles. The predicted molar refractivity (Wildman–Crippen MR) is 299 cm³/mol. The molecule has 4 aliphatic heterocycles. The number of esters is 1. The van der Waals surface area contributed by atoms with Crippen molar-refractivity contribution in [3.63, 3.8) is 0 Å². The third-order valence-corrected chi connectivity index (χ3v) is 18.9. The Morgan fingerprint density at radius 3 is 2.23 bits per heavy atom. The molecule has 428 valence electrons. The number of thiophene rings is 1. The monoisotopic (exact) mass is 1110 g/mol. The number of nitrogens with zero attached hydrogens (tertiary/aromatic N) is 2. The number of hydrogen-bond acceptors (Lipinski definition) is 17. The molecule has 77 heavy (non-hydrogen) atoms. The van der Waals surface area contributed by atoms with E-state index in [2.05, 4.69) is 53.8 Å². The molecule has 4 aliphatic rings.